The highest BCUT2D eigenvalue weighted by atomic mass is 16.5. The monoisotopic (exact) mass is 417 g/mol. The van der Waals surface area contributed by atoms with Gasteiger partial charge in [-0.1, -0.05) is 13.0 Å². The van der Waals surface area contributed by atoms with Gasteiger partial charge in [-0.3, -0.25) is 28.4 Å². The molecule has 3 N–H and O–H groups in total. The van der Waals surface area contributed by atoms with Crippen LogP contribution in [0.1, 0.15) is 23.7 Å². The number of carbonyl (C=O) groups excluding carboxylic acids is 2. The number of nitrogens with one attached hydrogen (secondary N) is 1. The molecule has 0 saturated heterocycles. The Kier molecular flexibility index (Phi) is 7.54. The number of nitrogens with two attached hydrogens (primary N) is 1. The molecule has 0 aliphatic heterocycles. The first-order valence-corrected chi connectivity index (χ1v) is 9.44. The molecule has 1 aromatic heterocycles. The SMILES string of the molecule is CCCn1c(N)c(C(=O)CN(C)CC(=O)Nc2cccc(OC)c2)c(=O)n(C)c1=O. The van der Waals surface area contributed by atoms with Crippen molar-refractivity contribution in [1.29, 1.82) is 0 Å². The van der Waals surface area contributed by atoms with Crippen LogP contribution in [0.25, 0.3) is 0 Å². The van der Waals surface area contributed by atoms with Gasteiger partial charge in [-0.25, -0.2) is 4.79 Å². The number of ketones is 1. The molecular formula is C20H27N5O5. The average molecular weight is 417 g/mol. The number of nitrogen functional groups attached to an aromatic ring is 1. The first-order chi connectivity index (χ1) is 14.2. The van der Waals surface area contributed by atoms with Gasteiger partial charge in [0.15, 0.2) is 5.78 Å². The van der Waals surface area contributed by atoms with Gasteiger partial charge in [-0.2, -0.15) is 0 Å². The minimum Gasteiger partial charge on any atom is -0.497 e. The highest BCUT2D eigenvalue weighted by Crippen LogP contribution is 2.16. The molecule has 0 atom stereocenters. The van der Waals surface area contributed by atoms with Crippen LogP contribution in [0.2, 0.25) is 0 Å². The predicted octanol–water partition coefficient (Wildman–Crippen LogP) is 0.301. The van der Waals surface area contributed by atoms with Crippen molar-refractivity contribution in [3.63, 3.8) is 0 Å². The van der Waals surface area contributed by atoms with Crippen LogP contribution in [0.4, 0.5) is 11.5 Å². The number of ether oxygens (including phenoxy) is 1. The number of methoxy groups -OCH3 is 1. The minimum atomic E-state index is -0.746. The van der Waals surface area contributed by atoms with E-state index in [4.69, 9.17) is 10.5 Å². The number of hydrogen-bond donors (Lipinski definition) is 2. The summed E-state index contributed by atoms with van der Waals surface area (Å²) in [7, 11) is 4.41. The Morgan fingerprint density at radius 2 is 1.93 bits per heavy atom. The summed E-state index contributed by atoms with van der Waals surface area (Å²) >= 11 is 0. The minimum absolute atomic E-state index is 0.0855. The molecule has 0 bridgehead atoms. The van der Waals surface area contributed by atoms with Crippen molar-refractivity contribution < 1.29 is 14.3 Å². The van der Waals surface area contributed by atoms with Crippen molar-refractivity contribution in [1.82, 2.24) is 14.0 Å². The molecule has 1 heterocycles. The van der Waals surface area contributed by atoms with Crippen LogP contribution in [0.3, 0.4) is 0 Å². The largest absolute Gasteiger partial charge is 0.497 e. The van der Waals surface area contributed by atoms with Crippen LogP contribution in [-0.4, -0.2) is 53.0 Å². The Morgan fingerprint density at radius 1 is 1.23 bits per heavy atom. The molecule has 1 aromatic carbocycles. The molecule has 0 radical (unpaired) electrons. The summed E-state index contributed by atoms with van der Waals surface area (Å²) in [4.78, 5) is 51.2. The molecule has 2 rings (SSSR count). The van der Waals surface area contributed by atoms with Crippen molar-refractivity contribution in [3.8, 4) is 5.75 Å². The Hall–Kier alpha value is -3.40. The first-order valence-electron chi connectivity index (χ1n) is 9.44. The normalized spacial score (nSPS) is 10.8. The number of amides is 1. The molecule has 1 amide bonds. The topological polar surface area (TPSA) is 129 Å². The second kappa shape index (κ2) is 9.88. The van der Waals surface area contributed by atoms with Crippen LogP contribution in [-0.2, 0) is 18.4 Å². The average Bonchev–Trinajstić information content (AvgIpc) is 2.69. The van der Waals surface area contributed by atoms with E-state index in [0.29, 0.717) is 17.9 Å². The Bertz CT molecular complexity index is 1060. The van der Waals surface area contributed by atoms with E-state index in [1.165, 1.54) is 23.6 Å². The summed E-state index contributed by atoms with van der Waals surface area (Å²) in [6.45, 7) is 1.85. The van der Waals surface area contributed by atoms with E-state index in [0.717, 1.165) is 4.57 Å². The van der Waals surface area contributed by atoms with Gasteiger partial charge in [-0.15, -0.1) is 0 Å². The number of likely N-dealkylation sites (N-methyl/N-ethyl adjacent to an activating group) is 1. The summed E-state index contributed by atoms with van der Waals surface area (Å²) in [5, 5.41) is 2.72. The van der Waals surface area contributed by atoms with E-state index in [-0.39, 0.29) is 36.9 Å². The van der Waals surface area contributed by atoms with Gasteiger partial charge in [0.2, 0.25) is 5.91 Å². The van der Waals surface area contributed by atoms with Gasteiger partial charge in [0.1, 0.15) is 17.1 Å². The number of nitrogens with zero attached hydrogens (tertiary/aromatic N) is 3. The van der Waals surface area contributed by atoms with Crippen LogP contribution in [0, 0.1) is 0 Å². The molecule has 0 aliphatic rings. The van der Waals surface area contributed by atoms with Gasteiger partial charge in [-0.05, 0) is 25.6 Å². The number of Topliss-reactive ketones (excluding diaryl/α,β-unsaturated/α-hetero) is 1. The van der Waals surface area contributed by atoms with Gasteiger partial charge in [0.25, 0.3) is 5.56 Å². The maximum atomic E-state index is 12.7. The molecule has 30 heavy (non-hydrogen) atoms. The fraction of sp³-hybridized carbons (Fsp3) is 0.400. The predicted molar refractivity (Wildman–Crippen MR) is 114 cm³/mol. The van der Waals surface area contributed by atoms with E-state index in [1.54, 1.807) is 31.3 Å². The fourth-order valence-corrected chi connectivity index (χ4v) is 3.01. The molecule has 10 heteroatoms. The third-order valence-corrected chi connectivity index (χ3v) is 4.49. The van der Waals surface area contributed by atoms with E-state index in [1.807, 2.05) is 6.92 Å². The first kappa shape index (κ1) is 22.9. The number of hydrogen-bond acceptors (Lipinski definition) is 7. The van der Waals surface area contributed by atoms with Crippen LogP contribution >= 0.6 is 0 Å². The van der Waals surface area contributed by atoms with Crippen LogP contribution in [0.15, 0.2) is 33.9 Å². The van der Waals surface area contributed by atoms with Gasteiger partial charge in [0.05, 0.1) is 20.2 Å². The number of aromatic nitrogens is 2. The summed E-state index contributed by atoms with van der Waals surface area (Å²) in [5.41, 5.74) is 4.97. The fourth-order valence-electron chi connectivity index (χ4n) is 3.01. The second-order valence-electron chi connectivity index (χ2n) is 6.93. The number of carbonyl (C=O) groups is 2. The molecule has 0 fully saturated rings. The number of benzene rings is 1. The van der Waals surface area contributed by atoms with Crippen molar-refractivity contribution in [2.24, 2.45) is 7.05 Å². The lowest BCUT2D eigenvalue weighted by molar-refractivity contribution is -0.116. The number of rotatable bonds is 9. The van der Waals surface area contributed by atoms with Crippen LogP contribution < -0.4 is 27.0 Å². The van der Waals surface area contributed by atoms with E-state index in [2.05, 4.69) is 5.32 Å². The molecule has 0 saturated carbocycles. The highest BCUT2D eigenvalue weighted by Gasteiger charge is 2.22. The third-order valence-electron chi connectivity index (χ3n) is 4.49. The molecule has 2 aromatic rings. The lowest BCUT2D eigenvalue weighted by Gasteiger charge is -2.18. The van der Waals surface area contributed by atoms with E-state index >= 15 is 0 Å². The maximum absolute atomic E-state index is 12.7. The zero-order valence-electron chi connectivity index (χ0n) is 17.6. The van der Waals surface area contributed by atoms with E-state index < -0.39 is 17.0 Å². The lowest BCUT2D eigenvalue weighted by Crippen LogP contribution is -2.44. The quantitative estimate of drug-likeness (QED) is 0.562. The summed E-state index contributed by atoms with van der Waals surface area (Å²) in [6, 6.07) is 6.88. The van der Waals surface area contributed by atoms with Crippen molar-refractivity contribution in [3.05, 3.63) is 50.7 Å². The summed E-state index contributed by atoms with van der Waals surface area (Å²) < 4.78 is 7.19. The van der Waals surface area contributed by atoms with Crippen molar-refractivity contribution in [2.45, 2.75) is 19.9 Å². The molecule has 162 valence electrons. The maximum Gasteiger partial charge on any atom is 0.332 e. The Morgan fingerprint density at radius 3 is 2.57 bits per heavy atom. The van der Waals surface area contributed by atoms with Crippen molar-refractivity contribution >= 4 is 23.2 Å². The molecular weight excluding hydrogens is 390 g/mol. The smallest absolute Gasteiger partial charge is 0.332 e. The van der Waals surface area contributed by atoms with Gasteiger partial charge < -0.3 is 15.8 Å². The molecule has 0 unspecified atom stereocenters. The molecule has 0 aliphatic carbocycles. The summed E-state index contributed by atoms with van der Waals surface area (Å²) in [6.07, 6.45) is 0.611. The second-order valence-corrected chi connectivity index (χ2v) is 6.93. The lowest BCUT2D eigenvalue weighted by atomic mass is 10.1. The third kappa shape index (κ3) is 5.15. The Labute approximate surface area is 173 Å². The van der Waals surface area contributed by atoms with E-state index in [9.17, 15) is 19.2 Å². The van der Waals surface area contributed by atoms with Gasteiger partial charge >= 0.3 is 5.69 Å². The van der Waals surface area contributed by atoms with Crippen LogP contribution in [0.5, 0.6) is 5.75 Å². The highest BCUT2D eigenvalue weighted by molar-refractivity contribution is 6.01. The molecule has 0 spiro atoms. The summed E-state index contributed by atoms with van der Waals surface area (Å²) in [5.74, 6) is -0.445. The van der Waals surface area contributed by atoms with Gasteiger partial charge in [0, 0.05) is 25.3 Å². The zero-order chi connectivity index (χ0) is 22.4. The van der Waals surface area contributed by atoms with Crippen molar-refractivity contribution in [2.75, 3.05) is 38.3 Å². The zero-order valence-corrected chi connectivity index (χ0v) is 17.6. The standard InChI is InChI=1S/C20H27N5O5/c1-5-9-25-18(21)17(19(28)24(3)20(25)29)15(26)11-23(2)12-16(27)22-13-7-6-8-14(10-13)30-4/h6-8,10H,5,9,11-12,21H2,1-4H3,(H,22,27). The number of anilines is 2. The Balaban J connectivity index is 2.13. The molecule has 10 nitrogen and oxygen atoms in total.